The van der Waals surface area contributed by atoms with E-state index in [-0.39, 0.29) is 0 Å². The van der Waals surface area contributed by atoms with Crippen LogP contribution in [0.2, 0.25) is 5.54 Å². The number of hydrogen-bond acceptors (Lipinski definition) is 0. The number of hydrogen-bond donors (Lipinski definition) is 0. The van der Waals surface area contributed by atoms with Crippen LogP contribution in [0.4, 0.5) is 0 Å². The molecule has 15 heavy (non-hydrogen) atoms. The summed E-state index contributed by atoms with van der Waals surface area (Å²) >= 11 is 0. The molecule has 4 atom stereocenters. The monoisotopic (exact) mass is 228 g/mol. The van der Waals surface area contributed by atoms with Crippen LogP contribution in [0.25, 0.3) is 0 Å². The molecule has 4 unspecified atom stereocenters. The summed E-state index contributed by atoms with van der Waals surface area (Å²) in [6.07, 6.45) is 4.06. The Balaban J connectivity index is 4.61. The minimum atomic E-state index is 0.913. The summed E-state index contributed by atoms with van der Waals surface area (Å²) in [5, 5.41) is 0. The largest absolute Gasteiger partial charge is 0.0651 e. The summed E-state index contributed by atoms with van der Waals surface area (Å²) in [4.78, 5) is 0. The Bertz CT molecular complexity index is 145. The van der Waals surface area contributed by atoms with Gasteiger partial charge in [-0.25, -0.2) is 0 Å². The molecule has 0 bridgehead atoms. The molecule has 0 saturated heterocycles. The molecule has 0 spiro atoms. The van der Waals surface area contributed by atoms with Crippen molar-refractivity contribution < 1.29 is 0 Å². The lowest BCUT2D eigenvalue weighted by molar-refractivity contribution is 0.199. The second-order valence-corrected chi connectivity index (χ2v) is 6.93. The first-order chi connectivity index (χ1) is 6.99. The van der Waals surface area contributed by atoms with E-state index in [1.807, 2.05) is 0 Å². The van der Waals surface area contributed by atoms with Gasteiger partial charge in [-0.3, -0.25) is 0 Å². The Morgan fingerprint density at radius 2 is 1.07 bits per heavy atom. The first-order valence-electron chi connectivity index (χ1n) is 6.99. The second-order valence-electron chi connectivity index (χ2n) is 5.59. The van der Waals surface area contributed by atoms with E-state index < -0.39 is 0 Å². The van der Waals surface area contributed by atoms with E-state index in [9.17, 15) is 0 Å². The molecule has 0 aliphatic heterocycles. The molecule has 1 heteroatoms. The zero-order valence-corrected chi connectivity index (χ0v) is 14.0. The minimum Gasteiger partial charge on any atom is -0.0651 e. The first-order valence-corrected chi connectivity index (χ1v) is 8.14. The van der Waals surface area contributed by atoms with Gasteiger partial charge in [-0.1, -0.05) is 60.8 Å². The summed E-state index contributed by atoms with van der Waals surface area (Å²) in [6, 6.07) is 0. The van der Waals surface area contributed by atoms with Gasteiger partial charge in [0.25, 0.3) is 0 Å². The lowest BCUT2D eigenvalue weighted by atomic mass is 9.75. The third-order valence-corrected chi connectivity index (χ3v) is 6.66. The van der Waals surface area contributed by atoms with Crippen molar-refractivity contribution in [2.75, 3.05) is 0 Å². The maximum absolute atomic E-state index is 2.46. The van der Waals surface area contributed by atoms with E-state index in [1.54, 1.807) is 0 Å². The molecule has 0 radical (unpaired) electrons. The van der Waals surface area contributed by atoms with E-state index in [0.29, 0.717) is 0 Å². The van der Waals surface area contributed by atoms with Crippen molar-refractivity contribution in [1.82, 2.24) is 0 Å². The Morgan fingerprint density at radius 3 is 1.33 bits per heavy atom. The average molecular weight is 228 g/mol. The van der Waals surface area contributed by atoms with Crippen LogP contribution in [-0.4, -0.2) is 10.2 Å². The molecule has 0 aliphatic rings. The molecule has 0 heterocycles. The Labute approximate surface area is 101 Å². The van der Waals surface area contributed by atoms with E-state index >= 15 is 0 Å². The normalized spacial score (nSPS) is 22.0. The van der Waals surface area contributed by atoms with Gasteiger partial charge in [-0.2, -0.15) is 0 Å². The predicted molar refractivity (Wildman–Crippen MR) is 75.5 cm³/mol. The lowest BCUT2D eigenvalue weighted by Crippen LogP contribution is -2.28. The van der Waals surface area contributed by atoms with Crippen LogP contribution < -0.4 is 0 Å². The molecule has 0 aliphatic carbocycles. The van der Waals surface area contributed by atoms with Crippen LogP contribution in [0.15, 0.2) is 0 Å². The quantitative estimate of drug-likeness (QED) is 0.580. The van der Waals surface area contributed by atoms with Gasteiger partial charge < -0.3 is 0 Å². The summed E-state index contributed by atoms with van der Waals surface area (Å²) in [5.41, 5.74) is 1.01. The fourth-order valence-electron chi connectivity index (χ4n) is 2.89. The highest BCUT2D eigenvalue weighted by Gasteiger charge is 2.29. The number of rotatable bonds is 7. The van der Waals surface area contributed by atoms with Gasteiger partial charge in [0.2, 0.25) is 0 Å². The Morgan fingerprint density at radius 1 is 0.733 bits per heavy atom. The fraction of sp³-hybridized carbons (Fsp3) is 1.00. The molecule has 0 saturated carbocycles. The van der Waals surface area contributed by atoms with Crippen molar-refractivity contribution in [2.24, 2.45) is 23.7 Å². The van der Waals surface area contributed by atoms with Gasteiger partial charge in [0, 0.05) is 10.2 Å². The topological polar surface area (TPSA) is 0 Å². The molecule has 0 amide bonds. The SMILES string of the molecule is CCC(C)C([SiH3])C(C(C)CC)C(C)CC. The highest BCUT2D eigenvalue weighted by atomic mass is 28.1. The van der Waals surface area contributed by atoms with Gasteiger partial charge in [-0.15, -0.1) is 0 Å². The standard InChI is InChI=1S/C14H32Si/c1-7-10(4)13(11(5)8-2)14(15)12(6)9-3/h10-14H,7-9H2,1-6,15H3. The Kier molecular flexibility index (Phi) is 7.59. The van der Waals surface area contributed by atoms with Crippen LogP contribution in [0.3, 0.4) is 0 Å². The summed E-state index contributed by atoms with van der Waals surface area (Å²) in [6.45, 7) is 14.4. The molecule has 0 N–H and O–H groups in total. The smallest absolute Gasteiger partial charge is 0.00744 e. The maximum atomic E-state index is 2.46. The van der Waals surface area contributed by atoms with Crippen molar-refractivity contribution in [1.29, 1.82) is 0 Å². The molecular formula is C14H32Si. The van der Waals surface area contributed by atoms with Crippen molar-refractivity contribution >= 4 is 10.2 Å². The molecule has 0 aromatic carbocycles. The maximum Gasteiger partial charge on any atom is 0.00744 e. The molecule has 0 nitrogen and oxygen atoms in total. The average Bonchev–Trinajstić information content (AvgIpc) is 2.27. The van der Waals surface area contributed by atoms with E-state index in [1.165, 1.54) is 29.5 Å². The first kappa shape index (κ1) is 15.2. The van der Waals surface area contributed by atoms with Crippen molar-refractivity contribution in [3.05, 3.63) is 0 Å². The summed E-state index contributed by atoms with van der Waals surface area (Å²) < 4.78 is 0. The summed E-state index contributed by atoms with van der Waals surface area (Å²) in [5.74, 6) is 3.74. The molecule has 0 aromatic rings. The highest BCUT2D eigenvalue weighted by Crippen LogP contribution is 2.39. The lowest BCUT2D eigenvalue weighted by Gasteiger charge is -2.37. The molecule has 92 valence electrons. The third kappa shape index (κ3) is 4.30. The molecular weight excluding hydrogens is 196 g/mol. The van der Waals surface area contributed by atoms with Gasteiger partial charge in [0.15, 0.2) is 0 Å². The van der Waals surface area contributed by atoms with E-state index in [4.69, 9.17) is 0 Å². The summed E-state index contributed by atoms with van der Waals surface area (Å²) in [7, 11) is 1.37. The highest BCUT2D eigenvalue weighted by molar-refractivity contribution is 6.12. The molecule has 0 fully saturated rings. The van der Waals surface area contributed by atoms with Crippen LogP contribution in [-0.2, 0) is 0 Å². The Hall–Kier alpha value is 0.217. The van der Waals surface area contributed by atoms with E-state index in [2.05, 4.69) is 41.5 Å². The predicted octanol–water partition coefficient (Wildman–Crippen LogP) is 3.89. The minimum absolute atomic E-state index is 0.913. The van der Waals surface area contributed by atoms with Gasteiger partial charge >= 0.3 is 0 Å². The van der Waals surface area contributed by atoms with Crippen molar-refractivity contribution in [2.45, 2.75) is 66.3 Å². The van der Waals surface area contributed by atoms with Crippen LogP contribution in [0.1, 0.15) is 60.8 Å². The van der Waals surface area contributed by atoms with Crippen LogP contribution in [0.5, 0.6) is 0 Å². The van der Waals surface area contributed by atoms with E-state index in [0.717, 1.165) is 29.2 Å². The van der Waals surface area contributed by atoms with Gasteiger partial charge in [-0.05, 0) is 29.2 Å². The van der Waals surface area contributed by atoms with Gasteiger partial charge in [0.1, 0.15) is 0 Å². The van der Waals surface area contributed by atoms with Crippen LogP contribution in [0, 0.1) is 23.7 Å². The van der Waals surface area contributed by atoms with Gasteiger partial charge in [0.05, 0.1) is 0 Å². The third-order valence-electron chi connectivity index (χ3n) is 4.75. The molecule has 0 aromatic heterocycles. The molecule has 0 rings (SSSR count). The zero-order chi connectivity index (χ0) is 12.0. The van der Waals surface area contributed by atoms with Crippen molar-refractivity contribution in [3.8, 4) is 0 Å². The fourth-order valence-corrected chi connectivity index (χ4v) is 4.68. The van der Waals surface area contributed by atoms with Crippen molar-refractivity contribution in [3.63, 3.8) is 0 Å². The second kappa shape index (κ2) is 7.48. The zero-order valence-electron chi connectivity index (χ0n) is 12.0. The van der Waals surface area contributed by atoms with Crippen LogP contribution >= 0.6 is 0 Å².